The number of aromatic nitrogens is 4. The molecule has 19 nitrogen and oxygen atoms in total. The summed E-state index contributed by atoms with van der Waals surface area (Å²) in [5.74, 6) is 1.58. The lowest BCUT2D eigenvalue weighted by Crippen LogP contribution is -2.47. The molecular formula is C13H18N5O14P3. The van der Waals surface area contributed by atoms with Gasteiger partial charge in [-0.25, -0.2) is 18.7 Å². The van der Waals surface area contributed by atoms with E-state index in [1.807, 2.05) is 5.92 Å². The average Bonchev–Trinajstić information content (AvgIpc) is 3.18. The highest BCUT2D eigenvalue weighted by atomic mass is 31.3. The van der Waals surface area contributed by atoms with Crippen molar-refractivity contribution in [3.63, 3.8) is 0 Å². The Morgan fingerprint density at radius 2 is 1.91 bits per heavy atom. The number of fused-ring (bicyclic) bond motifs is 1. The summed E-state index contributed by atoms with van der Waals surface area (Å²) in [4.78, 5) is 58.0. The van der Waals surface area contributed by atoms with Gasteiger partial charge in [0.05, 0.1) is 12.4 Å². The largest absolute Gasteiger partial charge is 0.490 e. The molecule has 7 atom stereocenters. The summed E-state index contributed by atoms with van der Waals surface area (Å²) >= 11 is 0. The minimum Gasteiger partial charge on any atom is -0.386 e. The minimum atomic E-state index is -5.81. The lowest BCUT2D eigenvalue weighted by Gasteiger charge is -2.27. The number of phosphoric acid groups is 3. The average molecular weight is 561 g/mol. The number of nitrogens with two attached hydrogens (primary N) is 1. The molecule has 2 aromatic rings. The van der Waals surface area contributed by atoms with Gasteiger partial charge in [0.25, 0.3) is 5.56 Å². The number of H-pyrrole nitrogens is 1. The van der Waals surface area contributed by atoms with E-state index in [9.17, 15) is 38.5 Å². The number of imidazole rings is 1. The number of aliphatic hydroxyl groups is 2. The van der Waals surface area contributed by atoms with E-state index in [1.54, 1.807) is 0 Å². The Labute approximate surface area is 193 Å². The van der Waals surface area contributed by atoms with Gasteiger partial charge in [-0.15, -0.1) is 6.42 Å². The summed E-state index contributed by atoms with van der Waals surface area (Å²) in [7, 11) is -17.0. The molecule has 0 amide bonds. The van der Waals surface area contributed by atoms with Crippen molar-refractivity contribution in [1.82, 2.24) is 19.5 Å². The van der Waals surface area contributed by atoms with Gasteiger partial charge in [-0.3, -0.25) is 18.9 Å². The number of phosphoric ester groups is 1. The van der Waals surface area contributed by atoms with Crippen LogP contribution in [0.5, 0.6) is 0 Å². The zero-order chi connectivity index (χ0) is 26.6. The minimum absolute atomic E-state index is 0.210. The van der Waals surface area contributed by atoms with Crippen molar-refractivity contribution in [2.75, 3.05) is 5.73 Å². The van der Waals surface area contributed by atoms with Gasteiger partial charge < -0.3 is 40.3 Å². The molecule has 35 heavy (non-hydrogen) atoms. The van der Waals surface area contributed by atoms with Crippen molar-refractivity contribution in [3.8, 4) is 12.3 Å². The van der Waals surface area contributed by atoms with Crippen LogP contribution in [0.15, 0.2) is 11.1 Å². The SMILES string of the molecule is C#CC1(O)[C@@H](O)[C@@H]([C@H](C)OP(=O)(O)OP(=O)(O)OP(=O)(O)O)O[C@H]1n1cnc2c(=O)[nH]c(N)nc21. The number of aliphatic hydroxyl groups excluding tert-OH is 1. The highest BCUT2D eigenvalue weighted by Gasteiger charge is 2.58. The fourth-order valence-corrected chi connectivity index (χ4v) is 6.41. The van der Waals surface area contributed by atoms with Crippen molar-refractivity contribution in [1.29, 1.82) is 0 Å². The molecule has 1 saturated heterocycles. The van der Waals surface area contributed by atoms with E-state index in [4.69, 9.17) is 26.7 Å². The Kier molecular flexibility index (Phi) is 7.20. The lowest BCUT2D eigenvalue weighted by atomic mass is 9.93. The third-order valence-electron chi connectivity index (χ3n) is 4.54. The number of nitrogens with zero attached hydrogens (tertiary/aromatic N) is 3. The molecule has 1 fully saturated rings. The van der Waals surface area contributed by atoms with Crippen LogP contribution >= 0.6 is 23.5 Å². The molecule has 194 valence electrons. The van der Waals surface area contributed by atoms with E-state index in [0.29, 0.717) is 0 Å². The monoisotopic (exact) mass is 561 g/mol. The molecule has 0 aliphatic carbocycles. The zero-order valence-corrected chi connectivity index (χ0v) is 19.9. The van der Waals surface area contributed by atoms with Crippen LogP contribution in [0.1, 0.15) is 13.2 Å². The standard InChI is InChI=1S/C13H18N5O14P3/c1-3-13(21)8(19)7(5(2)30-34(25,26)32-35(27,28)31-33(22,23)24)29-11(13)18-4-15-6-9(18)16-12(14)17-10(6)20/h1,4-5,7-8,11,19,21H,2H3,(H,25,26)(H,27,28)(H2,22,23,24)(H3,14,16,17,20)/t5-,7+,8-,11+,13?/m0/s1. The number of anilines is 1. The molecule has 0 bridgehead atoms. The van der Waals surface area contributed by atoms with E-state index >= 15 is 0 Å². The van der Waals surface area contributed by atoms with Crippen molar-refractivity contribution >= 4 is 40.6 Å². The number of rotatable bonds is 8. The smallest absolute Gasteiger partial charge is 0.386 e. The van der Waals surface area contributed by atoms with E-state index in [2.05, 4.69) is 28.1 Å². The molecule has 0 saturated carbocycles. The molecule has 1 aliphatic rings. The molecule has 22 heteroatoms. The second kappa shape index (κ2) is 9.14. The molecule has 0 spiro atoms. The third kappa shape index (κ3) is 5.71. The van der Waals surface area contributed by atoms with Gasteiger partial charge in [0, 0.05) is 0 Å². The predicted molar refractivity (Wildman–Crippen MR) is 111 cm³/mol. The molecule has 1 aliphatic heterocycles. The number of ether oxygens (including phenoxy) is 1. The highest BCUT2D eigenvalue weighted by molar-refractivity contribution is 7.66. The van der Waals surface area contributed by atoms with Gasteiger partial charge in [0.2, 0.25) is 5.95 Å². The first-order valence-corrected chi connectivity index (χ1v) is 13.5. The van der Waals surface area contributed by atoms with Gasteiger partial charge >= 0.3 is 23.5 Å². The number of hydrogen-bond acceptors (Lipinski definition) is 13. The first-order chi connectivity index (χ1) is 15.9. The molecule has 0 aromatic carbocycles. The van der Waals surface area contributed by atoms with Crippen LogP contribution in [0.25, 0.3) is 11.2 Å². The van der Waals surface area contributed by atoms with Gasteiger partial charge in [0.1, 0.15) is 12.2 Å². The summed E-state index contributed by atoms with van der Waals surface area (Å²) in [5, 5.41) is 21.5. The van der Waals surface area contributed by atoms with E-state index < -0.39 is 59.2 Å². The maximum atomic E-state index is 12.1. The van der Waals surface area contributed by atoms with Crippen LogP contribution < -0.4 is 11.3 Å². The molecule has 9 N–H and O–H groups in total. The van der Waals surface area contributed by atoms with Crippen molar-refractivity contribution in [2.45, 2.75) is 37.1 Å². The van der Waals surface area contributed by atoms with Crippen LogP contribution in [-0.2, 0) is 31.6 Å². The number of nitrogens with one attached hydrogen (secondary N) is 1. The van der Waals surface area contributed by atoms with E-state index in [-0.39, 0.29) is 17.1 Å². The number of nitrogen functional groups attached to an aromatic ring is 1. The Morgan fingerprint density at radius 1 is 1.29 bits per heavy atom. The van der Waals surface area contributed by atoms with Crippen LogP contribution in [0.2, 0.25) is 0 Å². The fraction of sp³-hybridized carbons (Fsp3) is 0.462. The normalized spacial score (nSPS) is 29.4. The van der Waals surface area contributed by atoms with Gasteiger partial charge in [-0.1, -0.05) is 5.92 Å². The van der Waals surface area contributed by atoms with Crippen molar-refractivity contribution in [2.24, 2.45) is 0 Å². The van der Waals surface area contributed by atoms with Crippen molar-refractivity contribution < 1.29 is 61.4 Å². The van der Waals surface area contributed by atoms with Crippen LogP contribution in [-0.4, -0.2) is 73.2 Å². The third-order valence-corrected chi connectivity index (χ3v) is 8.46. The second-order valence-electron chi connectivity index (χ2n) is 7.04. The summed E-state index contributed by atoms with van der Waals surface area (Å²) in [6.45, 7) is 0.999. The van der Waals surface area contributed by atoms with E-state index in [0.717, 1.165) is 17.8 Å². The molecule has 0 radical (unpaired) electrons. The van der Waals surface area contributed by atoms with E-state index in [1.165, 1.54) is 0 Å². The molecule has 2 aromatic heterocycles. The van der Waals surface area contributed by atoms with Gasteiger partial charge in [-0.05, 0) is 6.92 Å². The molecule has 3 unspecified atom stereocenters. The lowest BCUT2D eigenvalue weighted by molar-refractivity contribution is -0.0831. The maximum Gasteiger partial charge on any atom is 0.490 e. The summed E-state index contributed by atoms with van der Waals surface area (Å²) < 4.78 is 52.7. The van der Waals surface area contributed by atoms with Gasteiger partial charge in [0.15, 0.2) is 23.0 Å². The van der Waals surface area contributed by atoms with Crippen LogP contribution in [0.4, 0.5) is 5.95 Å². The molecule has 3 heterocycles. The predicted octanol–water partition coefficient (Wildman–Crippen LogP) is -1.94. The number of terminal acetylenes is 1. The first kappa shape index (κ1) is 27.6. The Balaban J connectivity index is 1.89. The topological polar surface area (TPSA) is 299 Å². The van der Waals surface area contributed by atoms with Crippen molar-refractivity contribution in [3.05, 3.63) is 16.7 Å². The Morgan fingerprint density at radius 3 is 2.49 bits per heavy atom. The number of hydrogen-bond donors (Lipinski definition) is 8. The Bertz CT molecular complexity index is 1380. The molecular weight excluding hydrogens is 543 g/mol. The summed E-state index contributed by atoms with van der Waals surface area (Å²) in [5.41, 5.74) is 1.76. The quantitative estimate of drug-likeness (QED) is 0.128. The Hall–Kier alpha value is -2.00. The first-order valence-electron chi connectivity index (χ1n) is 8.97. The fourth-order valence-electron chi connectivity index (χ4n) is 3.21. The summed E-state index contributed by atoms with van der Waals surface area (Å²) in [6.07, 6.45) is -0.866. The zero-order valence-electron chi connectivity index (χ0n) is 17.2. The second-order valence-corrected chi connectivity index (χ2v) is 11.4. The maximum absolute atomic E-state index is 12.1. The van der Waals surface area contributed by atoms with Crippen LogP contribution in [0, 0.1) is 12.3 Å². The van der Waals surface area contributed by atoms with Crippen LogP contribution in [0.3, 0.4) is 0 Å². The molecule has 3 rings (SSSR count). The van der Waals surface area contributed by atoms with Gasteiger partial charge in [-0.2, -0.15) is 13.6 Å². The summed E-state index contributed by atoms with van der Waals surface area (Å²) in [6, 6.07) is 0. The highest BCUT2D eigenvalue weighted by Crippen LogP contribution is 2.66. The number of aromatic amines is 1.